The molecule has 0 saturated carbocycles. The lowest BCUT2D eigenvalue weighted by atomic mass is 10.1. The van der Waals surface area contributed by atoms with Gasteiger partial charge in [0.1, 0.15) is 0 Å². The van der Waals surface area contributed by atoms with Crippen molar-refractivity contribution in [3.05, 3.63) is 41.6 Å². The summed E-state index contributed by atoms with van der Waals surface area (Å²) in [5.41, 5.74) is 1.23. The lowest BCUT2D eigenvalue weighted by Crippen LogP contribution is -2.17. The van der Waals surface area contributed by atoms with Crippen molar-refractivity contribution in [3.8, 4) is 0 Å². The van der Waals surface area contributed by atoms with Crippen LogP contribution in [-0.4, -0.2) is 29.0 Å². The molecule has 2 rings (SSSR count). The molecule has 1 aromatic carbocycles. The van der Waals surface area contributed by atoms with Crippen LogP contribution in [-0.2, 0) is 0 Å². The number of nitrogens with one attached hydrogen (secondary N) is 1. The van der Waals surface area contributed by atoms with E-state index in [2.05, 4.69) is 10.3 Å². The predicted molar refractivity (Wildman–Crippen MR) is 62.1 cm³/mol. The molecule has 0 unspecified atom stereocenters. The molecule has 0 bridgehead atoms. The van der Waals surface area contributed by atoms with Crippen molar-refractivity contribution >= 4 is 22.8 Å². The number of rotatable bonds is 2. The van der Waals surface area contributed by atoms with Gasteiger partial charge in [-0.25, -0.2) is 4.79 Å². The Kier molecular flexibility index (Phi) is 2.74. The molecule has 1 amide bonds. The van der Waals surface area contributed by atoms with E-state index < -0.39 is 5.97 Å². The first-order valence-corrected chi connectivity index (χ1v) is 4.97. The number of aromatic nitrogens is 1. The summed E-state index contributed by atoms with van der Waals surface area (Å²) in [4.78, 5) is 26.3. The number of fused-ring (bicyclic) bond motifs is 1. The molecule has 2 N–H and O–H groups in total. The molecule has 0 atom stereocenters. The molecule has 0 radical (unpaired) electrons. The van der Waals surface area contributed by atoms with E-state index in [9.17, 15) is 9.59 Å². The summed E-state index contributed by atoms with van der Waals surface area (Å²) in [7, 11) is 1.53. The van der Waals surface area contributed by atoms with Crippen molar-refractivity contribution in [1.82, 2.24) is 10.3 Å². The zero-order valence-electron chi connectivity index (χ0n) is 9.10. The molecule has 0 spiro atoms. The minimum absolute atomic E-state index is 0.174. The van der Waals surface area contributed by atoms with E-state index in [-0.39, 0.29) is 11.5 Å². The maximum absolute atomic E-state index is 11.4. The van der Waals surface area contributed by atoms with E-state index in [4.69, 9.17) is 5.11 Å². The molecule has 0 aliphatic heterocycles. The molecule has 1 aromatic heterocycles. The first-order valence-electron chi connectivity index (χ1n) is 4.97. The fraction of sp³-hybridized carbons (Fsp3) is 0.0833. The summed E-state index contributed by atoms with van der Waals surface area (Å²) < 4.78 is 0. The summed E-state index contributed by atoms with van der Waals surface area (Å²) in [5, 5.41) is 12.0. The Morgan fingerprint density at radius 2 is 1.94 bits per heavy atom. The SMILES string of the molecule is CNC(=O)c1cnc2ccc(C(=O)O)cc2c1. The summed E-state index contributed by atoms with van der Waals surface area (Å²) in [6.45, 7) is 0. The topological polar surface area (TPSA) is 79.3 Å². The smallest absolute Gasteiger partial charge is 0.335 e. The first kappa shape index (κ1) is 11.1. The van der Waals surface area contributed by atoms with E-state index in [0.717, 1.165) is 0 Å². The molecule has 5 nitrogen and oxygen atoms in total. The lowest BCUT2D eigenvalue weighted by Gasteiger charge is -2.02. The van der Waals surface area contributed by atoms with Crippen molar-refractivity contribution in [2.75, 3.05) is 7.05 Å². The number of aromatic carboxylic acids is 1. The molecule has 86 valence electrons. The van der Waals surface area contributed by atoms with Crippen LogP contribution >= 0.6 is 0 Å². The largest absolute Gasteiger partial charge is 0.478 e. The average molecular weight is 230 g/mol. The van der Waals surface area contributed by atoms with Gasteiger partial charge in [-0.15, -0.1) is 0 Å². The Morgan fingerprint density at radius 3 is 2.59 bits per heavy atom. The minimum atomic E-state index is -1.00. The second-order valence-corrected chi connectivity index (χ2v) is 3.52. The van der Waals surface area contributed by atoms with Crippen LogP contribution < -0.4 is 5.32 Å². The number of nitrogens with zero attached hydrogens (tertiary/aromatic N) is 1. The van der Waals surface area contributed by atoms with E-state index in [1.165, 1.54) is 25.4 Å². The van der Waals surface area contributed by atoms with Crippen LogP contribution in [0, 0.1) is 0 Å². The van der Waals surface area contributed by atoms with Gasteiger partial charge >= 0.3 is 5.97 Å². The highest BCUT2D eigenvalue weighted by Crippen LogP contribution is 2.15. The van der Waals surface area contributed by atoms with Gasteiger partial charge in [0, 0.05) is 18.6 Å². The maximum atomic E-state index is 11.4. The highest BCUT2D eigenvalue weighted by molar-refractivity contribution is 5.98. The van der Waals surface area contributed by atoms with E-state index in [1.54, 1.807) is 12.1 Å². The quantitative estimate of drug-likeness (QED) is 0.814. The van der Waals surface area contributed by atoms with Gasteiger partial charge in [-0.3, -0.25) is 9.78 Å². The highest BCUT2D eigenvalue weighted by Gasteiger charge is 2.07. The highest BCUT2D eigenvalue weighted by atomic mass is 16.4. The summed E-state index contributed by atoms with van der Waals surface area (Å²) in [6, 6.07) is 6.22. The monoisotopic (exact) mass is 230 g/mol. The predicted octanol–water partition coefficient (Wildman–Crippen LogP) is 1.29. The van der Waals surface area contributed by atoms with Crippen LogP contribution in [0.2, 0.25) is 0 Å². The van der Waals surface area contributed by atoms with Gasteiger partial charge in [0.05, 0.1) is 16.6 Å². The van der Waals surface area contributed by atoms with Gasteiger partial charge in [0.15, 0.2) is 0 Å². The third kappa shape index (κ3) is 2.08. The van der Waals surface area contributed by atoms with Crippen LogP contribution in [0.5, 0.6) is 0 Å². The van der Waals surface area contributed by atoms with Gasteiger partial charge in [0.25, 0.3) is 5.91 Å². The third-order valence-electron chi connectivity index (χ3n) is 2.42. The Balaban J connectivity index is 2.58. The van der Waals surface area contributed by atoms with Gasteiger partial charge < -0.3 is 10.4 Å². The fourth-order valence-corrected chi connectivity index (χ4v) is 1.53. The maximum Gasteiger partial charge on any atom is 0.335 e. The molecule has 5 heteroatoms. The molecule has 0 aliphatic carbocycles. The van der Waals surface area contributed by atoms with Gasteiger partial charge in [-0.1, -0.05) is 0 Å². The Bertz CT molecular complexity index is 608. The number of benzene rings is 1. The first-order chi connectivity index (χ1) is 8.11. The molecular weight excluding hydrogens is 220 g/mol. The van der Waals surface area contributed by atoms with Crippen molar-refractivity contribution in [2.45, 2.75) is 0 Å². The molecule has 0 fully saturated rings. The zero-order valence-corrected chi connectivity index (χ0v) is 9.10. The van der Waals surface area contributed by atoms with Crippen LogP contribution in [0.25, 0.3) is 10.9 Å². The summed E-state index contributed by atoms with van der Waals surface area (Å²) >= 11 is 0. The number of pyridine rings is 1. The number of carboxylic acid groups (broad SMARTS) is 1. The van der Waals surface area contributed by atoms with Crippen LogP contribution in [0.15, 0.2) is 30.5 Å². The second-order valence-electron chi connectivity index (χ2n) is 3.52. The van der Waals surface area contributed by atoms with E-state index in [0.29, 0.717) is 16.5 Å². The van der Waals surface area contributed by atoms with Crippen molar-refractivity contribution in [1.29, 1.82) is 0 Å². The molecule has 1 heterocycles. The average Bonchev–Trinajstić information content (AvgIpc) is 2.36. The molecule has 17 heavy (non-hydrogen) atoms. The molecule has 2 aromatic rings. The number of amides is 1. The summed E-state index contributed by atoms with van der Waals surface area (Å²) in [6.07, 6.45) is 1.46. The van der Waals surface area contributed by atoms with Crippen molar-refractivity contribution < 1.29 is 14.7 Å². The van der Waals surface area contributed by atoms with Crippen molar-refractivity contribution in [2.24, 2.45) is 0 Å². The van der Waals surface area contributed by atoms with E-state index >= 15 is 0 Å². The number of carbonyl (C=O) groups is 2. The molecule has 0 saturated heterocycles. The summed E-state index contributed by atoms with van der Waals surface area (Å²) in [5.74, 6) is -1.25. The van der Waals surface area contributed by atoms with Crippen LogP contribution in [0.3, 0.4) is 0 Å². The molecular formula is C12H10N2O3. The van der Waals surface area contributed by atoms with Gasteiger partial charge in [-0.2, -0.15) is 0 Å². The standard InChI is InChI=1S/C12H10N2O3/c1-13-11(15)9-5-8-4-7(12(16)17)2-3-10(8)14-6-9/h2-6H,1H3,(H,13,15)(H,16,17). The minimum Gasteiger partial charge on any atom is -0.478 e. The number of carbonyl (C=O) groups excluding carboxylic acids is 1. The van der Waals surface area contributed by atoms with Crippen LogP contribution in [0.4, 0.5) is 0 Å². The number of hydrogen-bond acceptors (Lipinski definition) is 3. The Hall–Kier alpha value is -2.43. The van der Waals surface area contributed by atoms with Gasteiger partial charge in [0.2, 0.25) is 0 Å². The zero-order chi connectivity index (χ0) is 12.4. The lowest BCUT2D eigenvalue weighted by molar-refractivity contribution is 0.0697. The number of hydrogen-bond donors (Lipinski definition) is 2. The van der Waals surface area contributed by atoms with Crippen LogP contribution in [0.1, 0.15) is 20.7 Å². The fourth-order valence-electron chi connectivity index (χ4n) is 1.53. The Morgan fingerprint density at radius 1 is 1.24 bits per heavy atom. The second kappa shape index (κ2) is 4.21. The van der Waals surface area contributed by atoms with Gasteiger partial charge in [-0.05, 0) is 24.3 Å². The Labute approximate surface area is 97.1 Å². The molecule has 0 aliphatic rings. The van der Waals surface area contributed by atoms with E-state index in [1.807, 2.05) is 0 Å². The number of carboxylic acids is 1. The normalized spacial score (nSPS) is 10.2. The third-order valence-corrected chi connectivity index (χ3v) is 2.42. The van der Waals surface area contributed by atoms with Crippen molar-refractivity contribution in [3.63, 3.8) is 0 Å².